The molecule has 8 heteroatoms. The minimum atomic E-state index is -0.611. The van der Waals surface area contributed by atoms with Gasteiger partial charge in [0.1, 0.15) is 18.9 Å². The molecule has 0 aliphatic rings. The molecule has 1 aromatic heterocycles. The van der Waals surface area contributed by atoms with Gasteiger partial charge >= 0.3 is 5.97 Å². The molecular formula is C9H11N5O3. The Morgan fingerprint density at radius 1 is 1.65 bits per heavy atom. The quantitative estimate of drug-likeness (QED) is 0.482. The zero-order valence-electron chi connectivity index (χ0n) is 8.92. The van der Waals surface area contributed by atoms with Crippen molar-refractivity contribution in [3.05, 3.63) is 12.3 Å². The smallest absolute Gasteiger partial charge is 0.328 e. The predicted molar refractivity (Wildman–Crippen MR) is 56.2 cm³/mol. The number of aromatic nitrogens is 2. The summed E-state index contributed by atoms with van der Waals surface area (Å²) in [7, 11) is 0. The number of nitrogens with two attached hydrogens (primary N) is 1. The van der Waals surface area contributed by atoms with E-state index in [1.54, 1.807) is 6.07 Å². The summed E-state index contributed by atoms with van der Waals surface area (Å²) < 4.78 is 5.95. The largest absolute Gasteiger partial charge is 0.454 e. The predicted octanol–water partition coefficient (Wildman–Crippen LogP) is -1.35. The van der Waals surface area contributed by atoms with E-state index < -0.39 is 18.5 Å². The minimum absolute atomic E-state index is 0.119. The maximum absolute atomic E-state index is 11.2. The number of amides is 1. The van der Waals surface area contributed by atoms with Gasteiger partial charge in [0.05, 0.1) is 6.07 Å². The van der Waals surface area contributed by atoms with E-state index in [-0.39, 0.29) is 13.1 Å². The maximum Gasteiger partial charge on any atom is 0.328 e. The Kier molecular flexibility index (Phi) is 4.50. The summed E-state index contributed by atoms with van der Waals surface area (Å²) in [5, 5.41) is 14.2. The molecule has 0 spiro atoms. The Labute approximate surface area is 96.9 Å². The van der Waals surface area contributed by atoms with Gasteiger partial charge in [0.15, 0.2) is 6.61 Å². The first-order chi connectivity index (χ1) is 8.11. The lowest BCUT2D eigenvalue weighted by atomic mass is 10.6. The third-order valence-electron chi connectivity index (χ3n) is 1.68. The van der Waals surface area contributed by atoms with Crippen molar-refractivity contribution in [3.63, 3.8) is 0 Å². The van der Waals surface area contributed by atoms with Crippen molar-refractivity contribution in [1.29, 1.82) is 5.26 Å². The van der Waals surface area contributed by atoms with Crippen LogP contribution in [0.5, 0.6) is 0 Å². The van der Waals surface area contributed by atoms with Crippen LogP contribution in [-0.4, -0.2) is 34.8 Å². The van der Waals surface area contributed by atoms with E-state index in [9.17, 15) is 9.59 Å². The Balaban J connectivity index is 2.26. The van der Waals surface area contributed by atoms with Crippen LogP contribution < -0.4 is 11.1 Å². The normalized spacial score (nSPS) is 9.35. The molecule has 1 heterocycles. The number of ether oxygens (including phenoxy) is 1. The lowest BCUT2D eigenvalue weighted by molar-refractivity contribution is -0.149. The van der Waals surface area contributed by atoms with Gasteiger partial charge < -0.3 is 15.8 Å². The molecule has 17 heavy (non-hydrogen) atoms. The summed E-state index contributed by atoms with van der Waals surface area (Å²) in [4.78, 5) is 22.2. The van der Waals surface area contributed by atoms with Gasteiger partial charge in [0.2, 0.25) is 0 Å². The fourth-order valence-corrected chi connectivity index (χ4v) is 0.979. The number of anilines is 1. The molecule has 0 aromatic carbocycles. The van der Waals surface area contributed by atoms with Gasteiger partial charge in [-0.25, -0.2) is 0 Å². The molecule has 0 unspecified atom stereocenters. The topological polar surface area (TPSA) is 123 Å². The molecule has 0 fully saturated rings. The van der Waals surface area contributed by atoms with Crippen LogP contribution in [0.4, 0.5) is 5.82 Å². The van der Waals surface area contributed by atoms with E-state index in [1.165, 1.54) is 16.9 Å². The number of nitriles is 1. The first-order valence-corrected chi connectivity index (χ1v) is 4.70. The summed E-state index contributed by atoms with van der Waals surface area (Å²) in [5.41, 5.74) is 5.35. The zero-order valence-corrected chi connectivity index (χ0v) is 8.92. The highest BCUT2D eigenvalue weighted by Crippen LogP contribution is 1.95. The van der Waals surface area contributed by atoms with Crippen molar-refractivity contribution >= 4 is 17.7 Å². The van der Waals surface area contributed by atoms with Gasteiger partial charge in [-0.2, -0.15) is 10.4 Å². The number of rotatable bonds is 5. The highest BCUT2D eigenvalue weighted by Gasteiger charge is 2.08. The Bertz CT molecular complexity index is 448. The van der Waals surface area contributed by atoms with Crippen molar-refractivity contribution in [2.45, 2.75) is 6.54 Å². The van der Waals surface area contributed by atoms with Crippen LogP contribution in [0, 0.1) is 11.3 Å². The number of carbonyl (C=O) groups excluding carboxylic acids is 2. The van der Waals surface area contributed by atoms with Crippen LogP contribution in [0.3, 0.4) is 0 Å². The van der Waals surface area contributed by atoms with Crippen molar-refractivity contribution in [3.8, 4) is 6.07 Å². The summed E-state index contributed by atoms with van der Waals surface area (Å²) in [5.74, 6) is -0.843. The molecule has 0 radical (unpaired) electrons. The lowest BCUT2D eigenvalue weighted by Gasteiger charge is -2.04. The molecule has 0 saturated carbocycles. The standard InChI is InChI=1S/C9H11N5O3/c10-2-3-12-8(15)6-17-9(16)5-14-4-1-7(11)13-14/h1,4H,3,5-6H2,(H2,11,13)(H,12,15). The first kappa shape index (κ1) is 12.5. The molecule has 3 N–H and O–H groups in total. The third-order valence-corrected chi connectivity index (χ3v) is 1.68. The highest BCUT2D eigenvalue weighted by molar-refractivity contribution is 5.80. The number of nitrogens with one attached hydrogen (secondary N) is 1. The van der Waals surface area contributed by atoms with Crippen molar-refractivity contribution in [2.24, 2.45) is 0 Å². The molecule has 0 aliphatic heterocycles. The first-order valence-electron chi connectivity index (χ1n) is 4.70. The van der Waals surface area contributed by atoms with E-state index in [0.717, 1.165) is 0 Å². The second-order valence-corrected chi connectivity index (χ2v) is 3.03. The van der Waals surface area contributed by atoms with Gasteiger partial charge in [-0.3, -0.25) is 14.3 Å². The molecule has 1 rings (SSSR count). The zero-order chi connectivity index (χ0) is 12.7. The van der Waals surface area contributed by atoms with Gasteiger partial charge in [0, 0.05) is 6.20 Å². The molecule has 90 valence electrons. The van der Waals surface area contributed by atoms with Crippen LogP contribution in [0.25, 0.3) is 0 Å². The second kappa shape index (κ2) is 6.12. The van der Waals surface area contributed by atoms with Crippen LogP contribution in [0.1, 0.15) is 0 Å². The van der Waals surface area contributed by atoms with E-state index in [1.807, 2.05) is 0 Å². The molecule has 0 saturated heterocycles. The molecule has 0 aliphatic carbocycles. The number of nitrogens with zero attached hydrogens (tertiary/aromatic N) is 3. The van der Waals surface area contributed by atoms with Gasteiger partial charge in [-0.1, -0.05) is 0 Å². The molecule has 1 aromatic rings. The van der Waals surface area contributed by atoms with E-state index in [0.29, 0.717) is 5.82 Å². The monoisotopic (exact) mass is 237 g/mol. The summed E-state index contributed by atoms with van der Waals surface area (Å²) in [6.07, 6.45) is 1.52. The number of nitrogen functional groups attached to an aromatic ring is 1. The van der Waals surface area contributed by atoms with Crippen molar-refractivity contribution in [2.75, 3.05) is 18.9 Å². The average molecular weight is 237 g/mol. The molecule has 1 amide bonds. The van der Waals surface area contributed by atoms with Crippen molar-refractivity contribution < 1.29 is 14.3 Å². The Hall–Kier alpha value is -2.56. The molecular weight excluding hydrogens is 226 g/mol. The highest BCUT2D eigenvalue weighted by atomic mass is 16.5. The average Bonchev–Trinajstić information content (AvgIpc) is 2.69. The van der Waals surface area contributed by atoms with Gasteiger partial charge in [-0.05, 0) is 6.07 Å². The van der Waals surface area contributed by atoms with Crippen LogP contribution >= 0.6 is 0 Å². The number of carbonyl (C=O) groups is 2. The summed E-state index contributed by atoms with van der Waals surface area (Å²) >= 11 is 0. The summed E-state index contributed by atoms with van der Waals surface area (Å²) in [6.45, 7) is -0.661. The van der Waals surface area contributed by atoms with E-state index in [4.69, 9.17) is 11.0 Å². The van der Waals surface area contributed by atoms with E-state index >= 15 is 0 Å². The lowest BCUT2D eigenvalue weighted by Crippen LogP contribution is -2.29. The van der Waals surface area contributed by atoms with Crippen LogP contribution in [-0.2, 0) is 20.9 Å². The summed E-state index contributed by atoms with van der Waals surface area (Å²) in [6, 6.07) is 3.26. The van der Waals surface area contributed by atoms with Gasteiger partial charge in [-0.15, -0.1) is 0 Å². The third kappa shape index (κ3) is 4.65. The number of hydrogen-bond acceptors (Lipinski definition) is 6. The number of esters is 1. The second-order valence-electron chi connectivity index (χ2n) is 3.03. The SMILES string of the molecule is N#CCNC(=O)COC(=O)Cn1ccc(N)n1. The number of hydrogen-bond donors (Lipinski definition) is 2. The molecule has 0 bridgehead atoms. The van der Waals surface area contributed by atoms with Gasteiger partial charge in [0.25, 0.3) is 5.91 Å². The Morgan fingerprint density at radius 3 is 3.00 bits per heavy atom. The van der Waals surface area contributed by atoms with Crippen LogP contribution in [0.2, 0.25) is 0 Å². The van der Waals surface area contributed by atoms with Crippen molar-refractivity contribution in [1.82, 2.24) is 15.1 Å². The molecule has 0 atom stereocenters. The minimum Gasteiger partial charge on any atom is -0.454 e. The molecule has 8 nitrogen and oxygen atoms in total. The fourth-order valence-electron chi connectivity index (χ4n) is 0.979. The Morgan fingerprint density at radius 2 is 2.41 bits per heavy atom. The fraction of sp³-hybridized carbons (Fsp3) is 0.333. The van der Waals surface area contributed by atoms with Crippen LogP contribution in [0.15, 0.2) is 12.3 Å². The maximum atomic E-state index is 11.2. The van der Waals surface area contributed by atoms with E-state index in [2.05, 4.69) is 15.2 Å².